The van der Waals surface area contributed by atoms with Crippen molar-refractivity contribution in [3.8, 4) is 11.3 Å². The molecule has 1 N–H and O–H groups in total. The minimum atomic E-state index is -0.985. The average molecular weight is 340 g/mol. The van der Waals surface area contributed by atoms with E-state index in [1.165, 1.54) is 19.3 Å². The maximum absolute atomic E-state index is 12.6. The van der Waals surface area contributed by atoms with Gasteiger partial charge in [0.15, 0.2) is 5.43 Å². The van der Waals surface area contributed by atoms with Gasteiger partial charge in [0.05, 0.1) is 18.7 Å². The van der Waals surface area contributed by atoms with Crippen molar-refractivity contribution in [2.75, 3.05) is 7.11 Å². The van der Waals surface area contributed by atoms with Gasteiger partial charge in [-0.2, -0.15) is 0 Å². The van der Waals surface area contributed by atoms with Gasteiger partial charge in [-0.05, 0) is 18.1 Å². The number of allylic oxidation sites excluding steroid dienone is 1. The van der Waals surface area contributed by atoms with Gasteiger partial charge in [-0.15, -0.1) is 0 Å². The van der Waals surface area contributed by atoms with Gasteiger partial charge in [0.2, 0.25) is 0 Å². The Kier molecular flexibility index (Phi) is 5.95. The monoisotopic (exact) mass is 340 g/mol. The van der Waals surface area contributed by atoms with Crippen LogP contribution in [0.3, 0.4) is 0 Å². The van der Waals surface area contributed by atoms with Crippen molar-refractivity contribution >= 4 is 17.6 Å². The molecule has 1 heterocycles. The van der Waals surface area contributed by atoms with Crippen LogP contribution in [0.1, 0.15) is 19.8 Å². The number of carboxylic acid groups (broad SMARTS) is 1. The van der Waals surface area contributed by atoms with Crippen molar-refractivity contribution in [3.05, 3.63) is 69.6 Å². The van der Waals surface area contributed by atoms with Crippen LogP contribution < -0.4 is 16.1 Å². The molecule has 0 bridgehead atoms. The van der Waals surface area contributed by atoms with Crippen molar-refractivity contribution < 1.29 is 19.1 Å². The molecule has 2 aromatic rings. The highest BCUT2D eigenvalue weighted by molar-refractivity contribution is 5.77. The maximum atomic E-state index is 12.6. The third-order valence-electron chi connectivity index (χ3n) is 3.72. The summed E-state index contributed by atoms with van der Waals surface area (Å²) in [7, 11) is 1.44. The molecule has 0 amide bonds. The van der Waals surface area contributed by atoms with Gasteiger partial charge in [0.25, 0.3) is 0 Å². The number of methoxy groups -OCH3 is 1. The lowest BCUT2D eigenvalue weighted by atomic mass is 10.1. The first-order valence-electron chi connectivity index (χ1n) is 7.84. The molecule has 1 aromatic heterocycles. The van der Waals surface area contributed by atoms with E-state index >= 15 is 0 Å². The summed E-state index contributed by atoms with van der Waals surface area (Å²) in [5.41, 5.74) is 1.24. The van der Waals surface area contributed by atoms with Gasteiger partial charge in [0, 0.05) is 11.6 Å². The molecule has 0 fully saturated rings. The molecular weight excluding hydrogens is 320 g/mol. The van der Waals surface area contributed by atoms with E-state index in [-0.39, 0.29) is 28.2 Å². The second-order valence-corrected chi connectivity index (χ2v) is 5.43. The molecular formula is C20H20O5. The zero-order valence-corrected chi connectivity index (χ0v) is 14.2. The smallest absolute Gasteiger partial charge is 0.307 e. The number of rotatable bonds is 6. The Morgan fingerprint density at radius 1 is 1.32 bits per heavy atom. The molecule has 5 nitrogen and oxygen atoms in total. The Morgan fingerprint density at radius 2 is 2.00 bits per heavy atom. The topological polar surface area (TPSA) is 76.7 Å². The van der Waals surface area contributed by atoms with Crippen molar-refractivity contribution in [2.24, 2.45) is 0 Å². The lowest BCUT2D eigenvalue weighted by molar-refractivity contribution is -0.135. The Balaban J connectivity index is 2.89. The number of ether oxygens (including phenoxy) is 1. The summed E-state index contributed by atoms with van der Waals surface area (Å²) >= 11 is 0. The molecule has 0 radical (unpaired) electrons. The Bertz CT molecular complexity index is 952. The molecule has 0 aliphatic carbocycles. The van der Waals surface area contributed by atoms with E-state index in [0.29, 0.717) is 17.8 Å². The van der Waals surface area contributed by atoms with E-state index in [4.69, 9.17) is 14.3 Å². The highest BCUT2D eigenvalue weighted by atomic mass is 16.5. The highest BCUT2D eigenvalue weighted by Crippen LogP contribution is 2.15. The fourth-order valence-electron chi connectivity index (χ4n) is 2.42. The molecule has 5 heteroatoms. The number of carbonyl (C=O) groups is 1. The average Bonchev–Trinajstić information content (AvgIpc) is 2.61. The Labute approximate surface area is 145 Å². The summed E-state index contributed by atoms with van der Waals surface area (Å²) in [5.74, 6) is -0.315. The first-order valence-corrected chi connectivity index (χ1v) is 7.84. The fourth-order valence-corrected chi connectivity index (χ4v) is 2.42. The van der Waals surface area contributed by atoms with Gasteiger partial charge in [0.1, 0.15) is 16.9 Å². The molecule has 25 heavy (non-hydrogen) atoms. The largest absolute Gasteiger partial charge is 0.497 e. The number of hydrogen-bond acceptors (Lipinski definition) is 4. The standard InChI is InChI=1S/C20H20O5/c1-4-14(11-19(22)23)20-16(10-13(2)24-3)17(21)12-18(25-20)15-8-6-5-7-9-15/h5-10,12H,2,4,11H2,1,3H3,(H,22,23). The molecule has 0 spiro atoms. The quantitative estimate of drug-likeness (QED) is 0.817. The molecule has 1 aromatic carbocycles. The molecule has 0 aliphatic heterocycles. The summed E-state index contributed by atoms with van der Waals surface area (Å²) in [5, 5.41) is 9.40. The van der Waals surface area contributed by atoms with Crippen LogP contribution in [0.4, 0.5) is 0 Å². The molecule has 2 rings (SSSR count). The van der Waals surface area contributed by atoms with Crippen molar-refractivity contribution in [1.82, 2.24) is 0 Å². The fraction of sp³-hybridized carbons (Fsp3) is 0.200. The van der Waals surface area contributed by atoms with Gasteiger partial charge in [-0.1, -0.05) is 43.8 Å². The predicted octanol–water partition coefficient (Wildman–Crippen LogP) is 2.28. The maximum Gasteiger partial charge on any atom is 0.307 e. The minimum absolute atomic E-state index is 0.210. The predicted molar refractivity (Wildman–Crippen MR) is 96.2 cm³/mol. The zero-order valence-electron chi connectivity index (χ0n) is 14.2. The van der Waals surface area contributed by atoms with Gasteiger partial charge in [-0.3, -0.25) is 9.59 Å². The van der Waals surface area contributed by atoms with Crippen LogP contribution in [-0.2, 0) is 9.53 Å². The van der Waals surface area contributed by atoms with Crippen LogP contribution in [0.15, 0.2) is 57.9 Å². The van der Waals surface area contributed by atoms with Crippen molar-refractivity contribution in [1.29, 1.82) is 0 Å². The summed E-state index contributed by atoms with van der Waals surface area (Å²) in [6, 6.07) is 10.6. The number of hydrogen-bond donors (Lipinski definition) is 1. The van der Waals surface area contributed by atoms with E-state index in [2.05, 4.69) is 6.58 Å². The zero-order chi connectivity index (χ0) is 18.4. The Morgan fingerprint density at radius 3 is 2.56 bits per heavy atom. The van der Waals surface area contributed by atoms with Gasteiger partial charge < -0.3 is 14.3 Å². The van der Waals surface area contributed by atoms with Gasteiger partial charge in [-0.25, -0.2) is 0 Å². The van der Waals surface area contributed by atoms with Crippen LogP contribution in [0.25, 0.3) is 23.0 Å². The molecule has 0 unspecified atom stereocenters. The van der Waals surface area contributed by atoms with Crippen LogP contribution in [0.2, 0.25) is 0 Å². The number of aliphatic carboxylic acids is 1. The van der Waals surface area contributed by atoms with Crippen molar-refractivity contribution in [2.45, 2.75) is 19.8 Å². The highest BCUT2D eigenvalue weighted by Gasteiger charge is 2.10. The molecule has 0 saturated heterocycles. The van der Waals surface area contributed by atoms with Crippen LogP contribution in [0, 0.1) is 0 Å². The third-order valence-corrected chi connectivity index (χ3v) is 3.72. The van der Waals surface area contributed by atoms with Crippen LogP contribution >= 0.6 is 0 Å². The summed E-state index contributed by atoms with van der Waals surface area (Å²) in [4.78, 5) is 23.8. The molecule has 0 aliphatic rings. The Hall–Kier alpha value is -3.08. The van der Waals surface area contributed by atoms with Crippen molar-refractivity contribution in [3.63, 3.8) is 0 Å². The minimum Gasteiger partial charge on any atom is -0.497 e. The third kappa shape index (κ3) is 4.47. The summed E-state index contributed by atoms with van der Waals surface area (Å²) in [6.45, 7) is 5.52. The lowest BCUT2D eigenvalue weighted by Crippen LogP contribution is -2.40. The molecule has 0 saturated carbocycles. The first kappa shape index (κ1) is 18.3. The van der Waals surface area contributed by atoms with E-state index in [9.17, 15) is 9.59 Å². The lowest BCUT2D eigenvalue weighted by Gasteiger charge is -2.05. The molecule has 130 valence electrons. The summed E-state index contributed by atoms with van der Waals surface area (Å²) in [6.07, 6.45) is 1.69. The SMILES string of the molecule is C=C(C=c1c(=O)cc(-c2ccccc2)oc1=C(CC)CC(=O)O)OC. The number of benzene rings is 1. The van der Waals surface area contributed by atoms with E-state index in [1.807, 2.05) is 37.3 Å². The number of carboxylic acids is 1. The second kappa shape index (κ2) is 8.15. The normalized spacial score (nSPS) is 12.6. The van der Waals surface area contributed by atoms with E-state index in [1.54, 1.807) is 0 Å². The second-order valence-electron chi connectivity index (χ2n) is 5.43. The van der Waals surface area contributed by atoms with E-state index in [0.717, 1.165) is 5.56 Å². The summed E-state index contributed by atoms with van der Waals surface area (Å²) < 4.78 is 11.0. The van der Waals surface area contributed by atoms with Gasteiger partial charge >= 0.3 is 5.97 Å². The van der Waals surface area contributed by atoms with Crippen LogP contribution in [-0.4, -0.2) is 18.2 Å². The van der Waals surface area contributed by atoms with Crippen LogP contribution in [0.5, 0.6) is 0 Å². The molecule has 0 atom stereocenters. The van der Waals surface area contributed by atoms with E-state index < -0.39 is 5.97 Å². The first-order chi connectivity index (χ1) is 12.0.